The molecule has 2 aliphatic carbocycles. The number of epoxide rings is 2. The minimum absolute atomic E-state index is 0.0466. The molecule has 2 heterocycles. The normalized spacial score (nSPS) is 30.6. The molecule has 2 spiro atoms. The second-order valence-electron chi connectivity index (χ2n) is 12.7. The van der Waals surface area contributed by atoms with E-state index in [1.807, 2.05) is 0 Å². The molecule has 0 radical (unpaired) electrons. The molecule has 0 aromatic carbocycles. The Hall–Kier alpha value is 3.30. The Morgan fingerprint density at radius 2 is 1.34 bits per heavy atom. The Kier molecular flexibility index (Phi) is 21.0. The summed E-state index contributed by atoms with van der Waals surface area (Å²) in [6.45, 7) is 22.9. The van der Waals surface area contributed by atoms with Gasteiger partial charge in [-0.25, -0.2) is 0 Å². The number of halogens is 5. The van der Waals surface area contributed by atoms with Crippen LogP contribution in [-0.2, 0) is 47.3 Å². The van der Waals surface area contributed by atoms with Crippen molar-refractivity contribution in [2.75, 3.05) is 13.2 Å². The van der Waals surface area contributed by atoms with E-state index >= 15 is 0 Å². The maximum atomic E-state index is 11.0. The summed E-state index contributed by atoms with van der Waals surface area (Å²) >= 11 is 12.1. The number of carbonyl (C=O) groups excluding carboxylic acids is 2. The first-order valence-corrected chi connectivity index (χ1v) is 39.7. The fraction of sp³-hybridized carbons (Fsp3) is 0.786. The molecule has 2 aliphatic heterocycles. The predicted octanol–water partition coefficient (Wildman–Crippen LogP) is 9.03. The molecule has 2 saturated carbocycles. The topological polar surface area (TPSA) is 107 Å². The molecular weight excluding hydrogens is 1230 g/mol. The third kappa shape index (κ3) is 14.9. The Balaban J connectivity index is 0.000000379. The van der Waals surface area contributed by atoms with Gasteiger partial charge in [0.25, 0.3) is 0 Å². The molecule has 0 amide bonds. The van der Waals surface area contributed by atoms with Gasteiger partial charge in [0.15, 0.2) is 8.32 Å². The van der Waals surface area contributed by atoms with Gasteiger partial charge in [0, 0.05) is 32.8 Å². The van der Waals surface area contributed by atoms with Gasteiger partial charge >= 0.3 is 126 Å². The Morgan fingerprint density at radius 3 is 1.73 bits per heavy atom. The molecule has 2 saturated heterocycles. The number of rotatable bonds is 6. The summed E-state index contributed by atoms with van der Waals surface area (Å²) in [5.41, 5.74) is 1.41. The van der Waals surface area contributed by atoms with Gasteiger partial charge in [-0.2, -0.15) is 0 Å². The number of hydrogen-bond donors (Lipinski definition) is 1. The van der Waals surface area contributed by atoms with Crippen LogP contribution in [0.3, 0.4) is 0 Å². The standard InChI is InChI=1S/C17H30O4Si.C11H16O4.5HI.2V/c1-12-8-9-14(21-22(6,7)16(3,4)5)10-17(12)15(20-17)11-19-13(2)18;1-7-3-4-9(13)5-11(7)10(15-11)6-14-8(2)12;;;;;;;/h14-15H,1,8-11H2,2-7H3;9-10,13H,1,3-6H2,2H3;5*1H;;/q;;;;;;;+2;+3/p-5/t14-,15-,17+;9-,10+,11-;;;;;;;/m01......./s1. The van der Waals surface area contributed by atoms with Crippen LogP contribution in [0.4, 0.5) is 0 Å². The van der Waals surface area contributed by atoms with Crippen molar-refractivity contribution in [2.24, 2.45) is 0 Å². The zero-order valence-corrected chi connectivity index (χ0v) is 41.1. The summed E-state index contributed by atoms with van der Waals surface area (Å²) in [7, 11) is -1.15. The molecule has 4 aliphatic rings. The third-order valence-corrected chi connectivity index (χ3v) is 13.1. The molecule has 255 valence electrons. The summed E-state index contributed by atoms with van der Waals surface area (Å²) in [5.74, 6) is -0.566. The van der Waals surface area contributed by atoms with Gasteiger partial charge in [-0.05, 0) is 55.0 Å². The summed E-state index contributed by atoms with van der Waals surface area (Å²) in [6.07, 6.45) is 4.64. The average molecular weight is 1280 g/mol. The zero-order valence-electron chi connectivity index (χ0n) is 26.5. The number of aliphatic hydroxyl groups is 1. The number of carbonyl (C=O) groups is 2. The van der Waals surface area contributed by atoms with Crippen molar-refractivity contribution >= 4 is 120 Å². The molecule has 44 heavy (non-hydrogen) atoms. The quantitative estimate of drug-likeness (QED) is 0.0925. The van der Waals surface area contributed by atoms with Crippen molar-refractivity contribution in [1.29, 1.82) is 0 Å². The zero-order chi connectivity index (χ0) is 34.1. The monoisotopic (exact) mass is 1270 g/mol. The van der Waals surface area contributed by atoms with E-state index in [2.05, 4.69) is 147 Å². The fourth-order valence-corrected chi connectivity index (χ4v) is 6.51. The molecule has 1 N–H and O–H groups in total. The fourth-order valence-electron chi connectivity index (χ4n) is 5.12. The van der Waals surface area contributed by atoms with Crippen molar-refractivity contribution in [3.8, 4) is 0 Å². The second-order valence-corrected chi connectivity index (χ2v) is 64.6. The Bertz CT molecular complexity index is 999. The number of aliphatic hydroxyl groups excluding tert-OH is 1. The minimum atomic E-state index is -1.78. The number of ether oxygens (including phenoxy) is 4. The van der Waals surface area contributed by atoms with Gasteiger partial charge in [0.1, 0.15) is 36.6 Å². The van der Waals surface area contributed by atoms with E-state index < -0.39 is 13.9 Å². The summed E-state index contributed by atoms with van der Waals surface area (Å²) < 4.78 is 28.0. The molecule has 6 atom stereocenters. The van der Waals surface area contributed by atoms with Crippen LogP contribution in [0.5, 0.6) is 0 Å². The molecule has 16 heteroatoms. The first-order valence-electron chi connectivity index (χ1n) is 14.2. The summed E-state index contributed by atoms with van der Waals surface area (Å²) in [6, 6.07) is 0. The van der Waals surface area contributed by atoms with Gasteiger partial charge in [0.2, 0.25) is 0 Å². The first kappa shape index (κ1) is 45.3. The van der Waals surface area contributed by atoms with Crippen molar-refractivity contribution < 1.29 is 52.5 Å². The van der Waals surface area contributed by atoms with Gasteiger partial charge < -0.3 is 28.5 Å². The molecule has 0 aromatic rings. The third-order valence-electron chi connectivity index (χ3n) is 8.59. The number of hydrogen-bond acceptors (Lipinski definition) is 8. The molecule has 0 aromatic heterocycles. The Morgan fingerprint density at radius 1 is 0.955 bits per heavy atom. The maximum absolute atomic E-state index is 11.0. The van der Waals surface area contributed by atoms with Crippen molar-refractivity contribution in [1.82, 2.24) is 0 Å². The molecule has 8 nitrogen and oxygen atoms in total. The van der Waals surface area contributed by atoms with Gasteiger partial charge in [-0.15, -0.1) is 0 Å². The van der Waals surface area contributed by atoms with E-state index in [-0.39, 0.29) is 58.5 Å². The van der Waals surface area contributed by atoms with E-state index in [9.17, 15) is 14.7 Å². The molecular formula is C28H46I5O8SiV2. The van der Waals surface area contributed by atoms with Crippen LogP contribution in [-0.4, -0.2) is 74.2 Å². The van der Waals surface area contributed by atoms with Crippen molar-refractivity contribution in [3.63, 3.8) is 0 Å². The second kappa shape index (κ2) is 20.4. The van der Waals surface area contributed by atoms with Crippen LogP contribution in [0, 0.1) is 0 Å². The van der Waals surface area contributed by atoms with Crippen molar-refractivity contribution in [3.05, 3.63) is 24.3 Å². The average Bonchev–Trinajstić information content (AvgIpc) is 3.76. The van der Waals surface area contributed by atoms with Gasteiger partial charge in [-0.3, -0.25) is 9.59 Å². The molecule has 4 rings (SSSR count). The van der Waals surface area contributed by atoms with Crippen LogP contribution in [0.1, 0.15) is 73.1 Å². The van der Waals surface area contributed by atoms with Crippen LogP contribution < -0.4 is 0 Å². The van der Waals surface area contributed by atoms with E-state index in [0.717, 1.165) is 43.3 Å². The number of esters is 2. The first-order chi connectivity index (χ1) is 20.2. The van der Waals surface area contributed by atoms with E-state index in [0.29, 0.717) is 22.5 Å². The Labute approximate surface area is 331 Å². The van der Waals surface area contributed by atoms with Crippen LogP contribution in [0.25, 0.3) is 0 Å². The SMILES string of the molecule is C=C1CC[C@@H](O)C[C@@]12O[C@H]2COC(C)=O.C=C1CC[C@H](O[Si](C)(C)C(C)(C)C)C[C@@]12O[C@H]2COC(C)=O.[I][V]([I])[I].[I][V][I]. The molecule has 0 unspecified atom stereocenters. The van der Waals surface area contributed by atoms with Crippen LogP contribution >= 0.6 is 99.9 Å². The van der Waals surface area contributed by atoms with E-state index in [1.165, 1.54) is 13.8 Å². The van der Waals surface area contributed by atoms with E-state index in [1.54, 1.807) is 0 Å². The van der Waals surface area contributed by atoms with Gasteiger partial charge in [0.05, 0.1) is 6.10 Å². The van der Waals surface area contributed by atoms with Crippen LogP contribution in [0.2, 0.25) is 18.1 Å². The summed E-state index contributed by atoms with van der Waals surface area (Å²) in [4.78, 5) is 21.3. The van der Waals surface area contributed by atoms with Gasteiger partial charge in [-0.1, -0.05) is 33.9 Å². The van der Waals surface area contributed by atoms with E-state index in [4.69, 9.17) is 23.4 Å². The van der Waals surface area contributed by atoms with Crippen LogP contribution in [0.15, 0.2) is 24.3 Å². The molecule has 4 fully saturated rings. The predicted molar refractivity (Wildman–Crippen MR) is 213 cm³/mol. The summed E-state index contributed by atoms with van der Waals surface area (Å²) in [5, 5.41) is 9.77. The van der Waals surface area contributed by atoms with Crippen molar-refractivity contribution in [2.45, 2.75) is 127 Å². The molecule has 0 bridgehead atoms.